The minimum atomic E-state index is -4.73. The van der Waals surface area contributed by atoms with Crippen molar-refractivity contribution in [2.45, 2.75) is 25.1 Å². The van der Waals surface area contributed by atoms with Gasteiger partial charge in [-0.15, -0.1) is 0 Å². The van der Waals surface area contributed by atoms with E-state index in [1.165, 1.54) is 0 Å². The van der Waals surface area contributed by atoms with E-state index in [0.29, 0.717) is 16.7 Å². The monoisotopic (exact) mass is 502 g/mol. The summed E-state index contributed by atoms with van der Waals surface area (Å²) in [5.74, 6) is -0.681. The summed E-state index contributed by atoms with van der Waals surface area (Å²) in [5.41, 5.74) is -1.11. The molecule has 158 valence electrons. The zero-order chi connectivity index (χ0) is 21.5. The lowest BCUT2D eigenvalue weighted by molar-refractivity contribution is -0.142. The SMILES string of the molecule is O=C(NC[C@@H]1CCCO1)c1nn2c(C(F)(F)F)cc(-c3ccc(Br)cc3)nc2c1Cl. The number of alkyl halides is 3. The highest BCUT2D eigenvalue weighted by Gasteiger charge is 2.36. The van der Waals surface area contributed by atoms with Gasteiger partial charge in [0.1, 0.15) is 5.02 Å². The maximum absolute atomic E-state index is 13.7. The normalized spacial score (nSPS) is 16.9. The molecular weight excluding hydrogens is 489 g/mol. The third-order valence-corrected chi connectivity index (χ3v) is 5.57. The molecule has 1 atom stereocenters. The van der Waals surface area contributed by atoms with Crippen LogP contribution in [0.4, 0.5) is 13.2 Å². The predicted molar refractivity (Wildman–Crippen MR) is 107 cm³/mol. The fourth-order valence-corrected chi connectivity index (χ4v) is 3.71. The molecular formula is C19H15BrClF3N4O2. The van der Waals surface area contributed by atoms with Crippen LogP contribution in [0.3, 0.4) is 0 Å². The largest absolute Gasteiger partial charge is 0.433 e. The second-order valence-corrected chi connectivity index (χ2v) is 8.07. The van der Waals surface area contributed by atoms with Crippen molar-refractivity contribution in [3.8, 4) is 11.3 Å². The van der Waals surface area contributed by atoms with Crippen LogP contribution in [-0.4, -0.2) is 39.8 Å². The van der Waals surface area contributed by atoms with Crippen molar-refractivity contribution in [1.82, 2.24) is 19.9 Å². The van der Waals surface area contributed by atoms with Gasteiger partial charge in [-0.3, -0.25) is 4.79 Å². The Kier molecular flexibility index (Phi) is 5.73. The fourth-order valence-electron chi connectivity index (χ4n) is 3.20. The lowest BCUT2D eigenvalue weighted by Crippen LogP contribution is -2.32. The number of carbonyl (C=O) groups excluding carboxylic acids is 1. The van der Waals surface area contributed by atoms with Gasteiger partial charge in [0.15, 0.2) is 17.0 Å². The molecule has 0 spiro atoms. The van der Waals surface area contributed by atoms with Crippen LogP contribution < -0.4 is 5.32 Å². The number of benzene rings is 1. The van der Waals surface area contributed by atoms with Crippen molar-refractivity contribution in [2.75, 3.05) is 13.2 Å². The van der Waals surface area contributed by atoms with Crippen LogP contribution in [0, 0.1) is 0 Å². The summed E-state index contributed by atoms with van der Waals surface area (Å²) in [4.78, 5) is 16.7. The molecule has 1 aliphatic rings. The smallest absolute Gasteiger partial charge is 0.376 e. The molecule has 1 saturated heterocycles. The standard InChI is InChI=1S/C19H15BrClF3N4O2/c20-11-5-3-10(4-6-11)13-8-14(19(22,23)24)28-17(26-13)15(21)16(27-28)18(29)25-9-12-2-1-7-30-12/h3-6,8,12H,1-2,7,9H2,(H,25,29)/t12-/m0/s1. The second-order valence-electron chi connectivity index (χ2n) is 6.77. The van der Waals surface area contributed by atoms with Gasteiger partial charge in [-0.25, -0.2) is 9.50 Å². The van der Waals surface area contributed by atoms with Crippen LogP contribution in [0.5, 0.6) is 0 Å². The van der Waals surface area contributed by atoms with Crippen LogP contribution in [-0.2, 0) is 10.9 Å². The van der Waals surface area contributed by atoms with Crippen molar-refractivity contribution < 1.29 is 22.7 Å². The number of hydrogen-bond donors (Lipinski definition) is 1. The molecule has 1 amide bonds. The third-order valence-electron chi connectivity index (χ3n) is 4.69. The predicted octanol–water partition coefficient (Wildman–Crippen LogP) is 4.74. The number of nitrogens with zero attached hydrogens (tertiary/aromatic N) is 3. The zero-order valence-electron chi connectivity index (χ0n) is 15.3. The van der Waals surface area contributed by atoms with Gasteiger partial charge in [0.25, 0.3) is 5.91 Å². The van der Waals surface area contributed by atoms with E-state index in [4.69, 9.17) is 16.3 Å². The fraction of sp³-hybridized carbons (Fsp3) is 0.316. The quantitative estimate of drug-likeness (QED) is 0.558. The van der Waals surface area contributed by atoms with Crippen molar-refractivity contribution in [3.05, 3.63) is 51.2 Å². The van der Waals surface area contributed by atoms with Gasteiger partial charge in [0.05, 0.1) is 11.8 Å². The Balaban J connectivity index is 1.76. The van der Waals surface area contributed by atoms with E-state index in [1.807, 2.05) is 0 Å². The van der Waals surface area contributed by atoms with Gasteiger partial charge in [-0.05, 0) is 31.0 Å². The molecule has 11 heteroatoms. The first-order valence-electron chi connectivity index (χ1n) is 9.06. The number of amides is 1. The lowest BCUT2D eigenvalue weighted by atomic mass is 10.1. The molecule has 2 aromatic heterocycles. The average Bonchev–Trinajstić information content (AvgIpc) is 3.33. The highest BCUT2D eigenvalue weighted by molar-refractivity contribution is 9.10. The molecule has 0 aliphatic carbocycles. The molecule has 1 N–H and O–H groups in total. The van der Waals surface area contributed by atoms with E-state index in [-0.39, 0.29) is 34.7 Å². The van der Waals surface area contributed by atoms with Crippen LogP contribution >= 0.6 is 27.5 Å². The molecule has 0 saturated carbocycles. The number of nitrogens with one attached hydrogen (secondary N) is 1. The van der Waals surface area contributed by atoms with Crippen molar-refractivity contribution in [2.24, 2.45) is 0 Å². The molecule has 3 aromatic rings. The molecule has 0 unspecified atom stereocenters. The van der Waals surface area contributed by atoms with Gasteiger partial charge < -0.3 is 10.1 Å². The van der Waals surface area contributed by atoms with Crippen LogP contribution in [0.15, 0.2) is 34.8 Å². The van der Waals surface area contributed by atoms with Crippen molar-refractivity contribution in [1.29, 1.82) is 0 Å². The molecule has 4 rings (SSSR count). The zero-order valence-corrected chi connectivity index (χ0v) is 17.7. The third kappa shape index (κ3) is 4.17. The van der Waals surface area contributed by atoms with Gasteiger partial charge in [0.2, 0.25) is 0 Å². The van der Waals surface area contributed by atoms with Gasteiger partial charge >= 0.3 is 6.18 Å². The van der Waals surface area contributed by atoms with Crippen molar-refractivity contribution >= 4 is 39.1 Å². The summed E-state index contributed by atoms with van der Waals surface area (Å²) >= 11 is 9.53. The molecule has 30 heavy (non-hydrogen) atoms. The number of hydrogen-bond acceptors (Lipinski definition) is 4. The number of fused-ring (bicyclic) bond motifs is 1. The average molecular weight is 504 g/mol. The lowest BCUT2D eigenvalue weighted by Gasteiger charge is -2.11. The van der Waals surface area contributed by atoms with E-state index in [1.54, 1.807) is 24.3 Å². The Morgan fingerprint density at radius 1 is 1.33 bits per heavy atom. The molecule has 0 bridgehead atoms. The Hall–Kier alpha value is -2.17. The highest BCUT2D eigenvalue weighted by atomic mass is 79.9. The number of rotatable bonds is 4. The molecule has 1 aromatic carbocycles. The summed E-state index contributed by atoms with van der Waals surface area (Å²) in [7, 11) is 0. The molecule has 3 heterocycles. The Bertz CT molecular complexity index is 1100. The van der Waals surface area contributed by atoms with E-state index in [9.17, 15) is 18.0 Å². The van der Waals surface area contributed by atoms with Gasteiger partial charge in [0, 0.05) is 23.2 Å². The Morgan fingerprint density at radius 3 is 2.70 bits per heavy atom. The Labute approximate surface area is 182 Å². The summed E-state index contributed by atoms with van der Waals surface area (Å²) in [5, 5.41) is 6.18. The van der Waals surface area contributed by atoms with E-state index in [0.717, 1.165) is 23.4 Å². The number of ether oxygens (including phenoxy) is 1. The van der Waals surface area contributed by atoms with Gasteiger partial charge in [-0.1, -0.05) is 39.7 Å². The first kappa shape index (κ1) is 21.1. The minimum Gasteiger partial charge on any atom is -0.376 e. The van der Waals surface area contributed by atoms with Gasteiger partial charge in [-0.2, -0.15) is 18.3 Å². The molecule has 1 fully saturated rings. The molecule has 1 aliphatic heterocycles. The van der Waals surface area contributed by atoms with E-state index >= 15 is 0 Å². The van der Waals surface area contributed by atoms with E-state index in [2.05, 4.69) is 31.3 Å². The molecule has 6 nitrogen and oxygen atoms in total. The highest BCUT2D eigenvalue weighted by Crippen LogP contribution is 2.34. The van der Waals surface area contributed by atoms with Crippen LogP contribution in [0.1, 0.15) is 29.0 Å². The van der Waals surface area contributed by atoms with E-state index < -0.39 is 17.8 Å². The maximum atomic E-state index is 13.7. The topological polar surface area (TPSA) is 68.5 Å². The Morgan fingerprint density at radius 2 is 2.07 bits per heavy atom. The first-order valence-corrected chi connectivity index (χ1v) is 10.2. The summed E-state index contributed by atoms with van der Waals surface area (Å²) < 4.78 is 47.9. The summed E-state index contributed by atoms with van der Waals surface area (Å²) in [6.07, 6.45) is -3.16. The summed E-state index contributed by atoms with van der Waals surface area (Å²) in [6.45, 7) is 0.847. The first-order chi connectivity index (χ1) is 14.2. The number of carbonyl (C=O) groups is 1. The maximum Gasteiger partial charge on any atom is 0.433 e. The molecule has 0 radical (unpaired) electrons. The van der Waals surface area contributed by atoms with Crippen molar-refractivity contribution in [3.63, 3.8) is 0 Å². The minimum absolute atomic E-state index is 0.0652. The van der Waals surface area contributed by atoms with Crippen LogP contribution in [0.2, 0.25) is 5.02 Å². The second kappa shape index (κ2) is 8.16. The van der Waals surface area contributed by atoms with Crippen LogP contribution in [0.25, 0.3) is 16.9 Å². The number of aromatic nitrogens is 3. The number of halogens is 5. The summed E-state index contributed by atoms with van der Waals surface area (Å²) in [6, 6.07) is 7.52.